The summed E-state index contributed by atoms with van der Waals surface area (Å²) in [5, 5.41) is 11.0. The van der Waals surface area contributed by atoms with Gasteiger partial charge in [0.2, 0.25) is 0 Å². The molecule has 0 bridgehead atoms. The van der Waals surface area contributed by atoms with Gasteiger partial charge in [-0.15, -0.1) is 0 Å². The number of likely N-dealkylation sites (tertiary alicyclic amines) is 1. The highest BCUT2D eigenvalue weighted by Crippen LogP contribution is 2.21. The Hall–Kier alpha value is -3.16. The molecule has 1 unspecified atom stereocenters. The molecule has 3 aromatic rings. The molecular weight excluding hydrogens is 361 g/mol. The predicted molar refractivity (Wildman–Crippen MR) is 102 cm³/mol. The largest absolute Gasteiger partial charge is 0.472 e. The van der Waals surface area contributed by atoms with Crippen molar-refractivity contribution in [1.29, 1.82) is 0 Å². The summed E-state index contributed by atoms with van der Waals surface area (Å²) in [4.78, 5) is 18.3. The van der Waals surface area contributed by atoms with Crippen molar-refractivity contribution in [2.75, 3.05) is 13.1 Å². The van der Waals surface area contributed by atoms with E-state index in [1.807, 2.05) is 25.1 Å². The van der Waals surface area contributed by atoms with Gasteiger partial charge in [-0.2, -0.15) is 5.10 Å². The third-order valence-corrected chi connectivity index (χ3v) is 5.04. The normalized spacial score (nSPS) is 16.1. The number of aromatic nitrogens is 3. The van der Waals surface area contributed by atoms with Crippen LogP contribution in [0.5, 0.6) is 5.88 Å². The quantitative estimate of drug-likeness (QED) is 0.723. The fraction of sp³-hybridized carbons (Fsp3) is 0.350. The highest BCUT2D eigenvalue weighted by atomic mass is 19.1. The van der Waals surface area contributed by atoms with Crippen LogP contribution in [-0.2, 0) is 0 Å². The van der Waals surface area contributed by atoms with Crippen LogP contribution in [-0.4, -0.2) is 45.3 Å². The topological polar surface area (TPSA) is 83.1 Å². The van der Waals surface area contributed by atoms with E-state index in [1.165, 1.54) is 18.3 Å². The molecule has 2 aromatic heterocycles. The van der Waals surface area contributed by atoms with Gasteiger partial charge in [0.15, 0.2) is 5.82 Å². The molecule has 0 saturated carbocycles. The molecule has 7 nitrogen and oxygen atoms in total. The number of carbonyl (C=O) groups excluding carboxylic acids is 1. The number of hydrogen-bond acceptors (Lipinski definition) is 4. The van der Waals surface area contributed by atoms with Gasteiger partial charge >= 0.3 is 6.03 Å². The van der Waals surface area contributed by atoms with Crippen molar-refractivity contribution in [1.82, 2.24) is 25.4 Å². The summed E-state index contributed by atoms with van der Waals surface area (Å²) in [7, 11) is 0. The van der Waals surface area contributed by atoms with E-state index in [9.17, 15) is 9.18 Å². The molecule has 1 atom stereocenters. The van der Waals surface area contributed by atoms with Gasteiger partial charge < -0.3 is 15.0 Å². The second-order valence-electron chi connectivity index (χ2n) is 6.98. The number of nitrogens with zero attached hydrogens (tertiary/aromatic N) is 3. The Labute approximate surface area is 161 Å². The van der Waals surface area contributed by atoms with Crippen LogP contribution < -0.4 is 10.1 Å². The number of pyridine rings is 1. The number of ether oxygens (including phenoxy) is 1. The summed E-state index contributed by atoms with van der Waals surface area (Å²) in [6.45, 7) is 3.07. The summed E-state index contributed by atoms with van der Waals surface area (Å²) >= 11 is 0. The lowest BCUT2D eigenvalue weighted by atomic mass is 10.1. The number of benzene rings is 1. The van der Waals surface area contributed by atoms with Gasteiger partial charge in [-0.1, -0.05) is 6.07 Å². The van der Waals surface area contributed by atoms with Crippen molar-refractivity contribution in [3.05, 3.63) is 54.1 Å². The van der Waals surface area contributed by atoms with E-state index >= 15 is 0 Å². The van der Waals surface area contributed by atoms with E-state index in [1.54, 1.807) is 11.1 Å². The van der Waals surface area contributed by atoms with Gasteiger partial charge in [0.25, 0.3) is 5.88 Å². The maximum Gasteiger partial charge on any atom is 0.317 e. The number of nitrogens with one attached hydrogen (secondary N) is 2. The molecule has 146 valence electrons. The first-order chi connectivity index (χ1) is 13.6. The van der Waals surface area contributed by atoms with Crippen molar-refractivity contribution in [2.24, 2.45) is 0 Å². The van der Waals surface area contributed by atoms with Crippen LogP contribution >= 0.6 is 0 Å². The van der Waals surface area contributed by atoms with Crippen LogP contribution in [0.4, 0.5) is 9.18 Å². The minimum atomic E-state index is -0.467. The highest BCUT2D eigenvalue weighted by molar-refractivity contribution is 5.79. The first kappa shape index (κ1) is 18.2. The third kappa shape index (κ3) is 3.90. The lowest BCUT2D eigenvalue weighted by Gasteiger charge is -2.32. The maximum absolute atomic E-state index is 13.7. The number of amides is 2. The summed E-state index contributed by atoms with van der Waals surface area (Å²) in [6, 6.07) is 8.58. The van der Waals surface area contributed by atoms with Crippen LogP contribution in [0, 0.1) is 5.82 Å². The highest BCUT2D eigenvalue weighted by Gasteiger charge is 2.25. The van der Waals surface area contributed by atoms with Crippen LogP contribution in [0.25, 0.3) is 10.9 Å². The number of urea groups is 1. The molecule has 1 aliphatic rings. The number of aromatic amines is 1. The van der Waals surface area contributed by atoms with Crippen LogP contribution in [0.1, 0.15) is 31.4 Å². The molecule has 8 heteroatoms. The van der Waals surface area contributed by atoms with Crippen molar-refractivity contribution < 1.29 is 13.9 Å². The second-order valence-corrected chi connectivity index (χ2v) is 6.98. The van der Waals surface area contributed by atoms with Gasteiger partial charge in [-0.25, -0.2) is 14.2 Å². The minimum absolute atomic E-state index is 0.0219. The van der Waals surface area contributed by atoms with E-state index < -0.39 is 5.82 Å². The zero-order valence-corrected chi connectivity index (χ0v) is 15.6. The molecule has 1 aromatic carbocycles. The third-order valence-electron chi connectivity index (χ3n) is 5.04. The number of rotatable bonds is 4. The second kappa shape index (κ2) is 7.84. The van der Waals surface area contributed by atoms with Crippen LogP contribution in [0.2, 0.25) is 0 Å². The standard InChI is InChI=1S/C20H22FN5O2/c1-13(14-4-5-18-15(11-14)12-23-25-18)24-20(27)26-9-6-16(7-10-26)28-19-17(21)3-2-8-22-19/h2-5,8,11-13,16H,6-7,9-10H2,1H3,(H,23,25)(H,24,27). The maximum atomic E-state index is 13.7. The Balaban J connectivity index is 1.30. The number of carbonyl (C=O) groups is 1. The van der Waals surface area contributed by atoms with Crippen molar-refractivity contribution in [3.8, 4) is 5.88 Å². The fourth-order valence-corrected chi connectivity index (χ4v) is 3.38. The van der Waals surface area contributed by atoms with Gasteiger partial charge in [-0.3, -0.25) is 5.10 Å². The first-order valence-corrected chi connectivity index (χ1v) is 9.36. The van der Waals surface area contributed by atoms with E-state index in [0.29, 0.717) is 25.9 Å². The summed E-state index contributed by atoms with van der Waals surface area (Å²) in [5.41, 5.74) is 1.99. The molecule has 1 aliphatic heterocycles. The molecule has 2 amide bonds. The van der Waals surface area contributed by atoms with Crippen LogP contribution in [0.15, 0.2) is 42.7 Å². The Morgan fingerprint density at radius 1 is 1.36 bits per heavy atom. The molecule has 4 rings (SSSR count). The molecular formula is C20H22FN5O2. The summed E-state index contributed by atoms with van der Waals surface area (Å²) in [5.74, 6) is -0.445. The molecule has 1 fully saturated rings. The Bertz CT molecular complexity index is 968. The monoisotopic (exact) mass is 383 g/mol. The van der Waals surface area contributed by atoms with E-state index in [0.717, 1.165) is 16.5 Å². The number of fused-ring (bicyclic) bond motifs is 1. The number of piperidine rings is 1. The van der Waals surface area contributed by atoms with Crippen molar-refractivity contribution in [3.63, 3.8) is 0 Å². The van der Waals surface area contributed by atoms with E-state index in [4.69, 9.17) is 4.74 Å². The fourth-order valence-electron chi connectivity index (χ4n) is 3.38. The van der Waals surface area contributed by atoms with Crippen molar-refractivity contribution >= 4 is 16.9 Å². The van der Waals surface area contributed by atoms with Crippen molar-refractivity contribution in [2.45, 2.75) is 31.9 Å². The molecule has 0 spiro atoms. The number of halogens is 1. The summed E-state index contributed by atoms with van der Waals surface area (Å²) in [6.07, 6.45) is 4.40. The van der Waals surface area contributed by atoms with Gasteiger partial charge in [-0.05, 0) is 36.8 Å². The Morgan fingerprint density at radius 3 is 2.96 bits per heavy atom. The average molecular weight is 383 g/mol. The van der Waals surface area contributed by atoms with Gasteiger partial charge in [0.1, 0.15) is 6.10 Å². The molecule has 1 saturated heterocycles. The lowest BCUT2D eigenvalue weighted by molar-refractivity contribution is 0.103. The molecule has 3 heterocycles. The number of hydrogen-bond donors (Lipinski definition) is 2. The average Bonchev–Trinajstić information content (AvgIpc) is 3.18. The molecule has 0 aliphatic carbocycles. The van der Waals surface area contributed by atoms with Gasteiger partial charge in [0.05, 0.1) is 17.8 Å². The first-order valence-electron chi connectivity index (χ1n) is 9.36. The van der Waals surface area contributed by atoms with Crippen LogP contribution in [0.3, 0.4) is 0 Å². The zero-order valence-electron chi connectivity index (χ0n) is 15.6. The summed E-state index contributed by atoms with van der Waals surface area (Å²) < 4.78 is 19.3. The SMILES string of the molecule is CC(NC(=O)N1CCC(Oc2ncccc2F)CC1)c1ccc2[nH]ncc2c1. The predicted octanol–water partition coefficient (Wildman–Crippen LogP) is 3.41. The molecule has 0 radical (unpaired) electrons. The molecule has 28 heavy (non-hydrogen) atoms. The van der Waals surface area contributed by atoms with E-state index in [2.05, 4.69) is 20.5 Å². The molecule has 2 N–H and O–H groups in total. The smallest absolute Gasteiger partial charge is 0.317 e. The van der Waals surface area contributed by atoms with Gasteiger partial charge in [0, 0.05) is 37.5 Å². The lowest BCUT2D eigenvalue weighted by Crippen LogP contribution is -2.47. The Morgan fingerprint density at radius 2 is 2.18 bits per heavy atom. The zero-order chi connectivity index (χ0) is 19.5. The Kier molecular flexibility index (Phi) is 5.10. The minimum Gasteiger partial charge on any atom is -0.472 e. The number of H-pyrrole nitrogens is 1. The van der Waals surface area contributed by atoms with E-state index in [-0.39, 0.29) is 24.1 Å².